The van der Waals surface area contributed by atoms with Gasteiger partial charge in [-0.15, -0.1) is 0 Å². The summed E-state index contributed by atoms with van der Waals surface area (Å²) in [6, 6.07) is 5.38. The molecule has 1 N–H and O–H groups in total. The van der Waals surface area contributed by atoms with Gasteiger partial charge in [0.1, 0.15) is 0 Å². The van der Waals surface area contributed by atoms with Crippen LogP contribution in [-0.4, -0.2) is 36.9 Å². The molecule has 1 saturated heterocycles. The Bertz CT molecular complexity index is 436. The van der Waals surface area contributed by atoms with E-state index in [1.807, 2.05) is 19.1 Å². The summed E-state index contributed by atoms with van der Waals surface area (Å²) in [6.45, 7) is 2.54. The third-order valence-electron chi connectivity index (χ3n) is 2.79. The summed E-state index contributed by atoms with van der Waals surface area (Å²) in [5, 5.41) is 9.69. The summed E-state index contributed by atoms with van der Waals surface area (Å²) < 4.78 is 5.19. The zero-order valence-electron chi connectivity index (χ0n) is 9.52. The number of morpholine rings is 1. The van der Waals surface area contributed by atoms with E-state index in [9.17, 15) is 4.79 Å². The first-order chi connectivity index (χ1) is 8.13. The second kappa shape index (κ2) is 5.04. The van der Waals surface area contributed by atoms with E-state index in [2.05, 4.69) is 0 Å². The van der Waals surface area contributed by atoms with Crippen molar-refractivity contribution in [2.75, 3.05) is 24.7 Å². The highest BCUT2D eigenvalue weighted by Gasteiger charge is 2.30. The van der Waals surface area contributed by atoms with Crippen molar-refractivity contribution >= 4 is 23.2 Å². The Kier molecular flexibility index (Phi) is 3.66. The molecule has 0 radical (unpaired) electrons. The Hall–Kier alpha value is -1.10. The van der Waals surface area contributed by atoms with Crippen molar-refractivity contribution in [1.29, 1.82) is 0 Å². The minimum Gasteiger partial charge on any atom is -0.393 e. The molecule has 1 aliphatic heterocycles. The molecule has 4 nitrogen and oxygen atoms in total. The lowest BCUT2D eigenvalue weighted by Gasteiger charge is -2.32. The van der Waals surface area contributed by atoms with Gasteiger partial charge in [-0.1, -0.05) is 11.6 Å². The number of anilines is 1. The van der Waals surface area contributed by atoms with Crippen molar-refractivity contribution in [1.82, 2.24) is 0 Å². The number of halogens is 1. The first-order valence-electron chi connectivity index (χ1n) is 5.43. The molecule has 92 valence electrons. The molecule has 1 aromatic carbocycles. The van der Waals surface area contributed by atoms with Gasteiger partial charge in [0.15, 0.2) is 6.10 Å². The third-order valence-corrected chi connectivity index (χ3v) is 3.03. The normalized spacial score (nSPS) is 20.8. The standard InChI is InChI=1S/C12H14ClNO3/c1-8-6-9(13)2-3-10(8)14-4-5-17-11(7-15)12(14)16/h2-3,6,11,15H,4-5,7H2,1H3. The van der Waals surface area contributed by atoms with Crippen molar-refractivity contribution in [2.45, 2.75) is 13.0 Å². The van der Waals surface area contributed by atoms with Crippen molar-refractivity contribution in [3.63, 3.8) is 0 Å². The molecule has 1 aromatic rings. The molecule has 0 aliphatic carbocycles. The van der Waals surface area contributed by atoms with Gasteiger partial charge in [0.05, 0.1) is 13.2 Å². The van der Waals surface area contributed by atoms with E-state index in [0.29, 0.717) is 18.2 Å². The van der Waals surface area contributed by atoms with E-state index in [1.165, 1.54) is 0 Å². The average molecular weight is 256 g/mol. The van der Waals surface area contributed by atoms with E-state index in [0.717, 1.165) is 11.3 Å². The van der Waals surface area contributed by atoms with Gasteiger partial charge in [-0.2, -0.15) is 0 Å². The molecule has 1 fully saturated rings. The van der Waals surface area contributed by atoms with Gasteiger partial charge in [0.2, 0.25) is 0 Å². The summed E-state index contributed by atoms with van der Waals surface area (Å²) in [5.74, 6) is -0.204. The van der Waals surface area contributed by atoms with Crippen LogP contribution in [0.1, 0.15) is 5.56 Å². The maximum atomic E-state index is 12.0. The molecule has 0 saturated carbocycles. The Morgan fingerprint density at radius 2 is 2.35 bits per heavy atom. The molecule has 1 unspecified atom stereocenters. The highest BCUT2D eigenvalue weighted by atomic mass is 35.5. The van der Waals surface area contributed by atoms with Crippen LogP contribution in [0.25, 0.3) is 0 Å². The third kappa shape index (κ3) is 2.44. The van der Waals surface area contributed by atoms with Gasteiger partial charge < -0.3 is 14.7 Å². The van der Waals surface area contributed by atoms with Crippen LogP contribution in [0.3, 0.4) is 0 Å². The number of aliphatic hydroxyl groups is 1. The van der Waals surface area contributed by atoms with E-state index in [4.69, 9.17) is 21.4 Å². The summed E-state index contributed by atoms with van der Waals surface area (Å²) >= 11 is 5.88. The number of hydrogen-bond acceptors (Lipinski definition) is 3. The van der Waals surface area contributed by atoms with Crippen LogP contribution >= 0.6 is 11.6 Å². The number of carbonyl (C=O) groups is 1. The number of carbonyl (C=O) groups excluding carboxylic acids is 1. The summed E-state index contributed by atoms with van der Waals surface area (Å²) in [5.41, 5.74) is 1.76. The Morgan fingerprint density at radius 1 is 1.59 bits per heavy atom. The molecule has 0 spiro atoms. The van der Waals surface area contributed by atoms with Gasteiger partial charge >= 0.3 is 0 Å². The Morgan fingerprint density at radius 3 is 3.00 bits per heavy atom. The molecule has 1 aliphatic rings. The number of rotatable bonds is 2. The molecular weight excluding hydrogens is 242 g/mol. The van der Waals surface area contributed by atoms with Crippen LogP contribution in [-0.2, 0) is 9.53 Å². The molecule has 1 atom stereocenters. The first kappa shape index (κ1) is 12.4. The molecule has 2 rings (SSSR count). The van der Waals surface area contributed by atoms with Crippen LogP contribution in [0, 0.1) is 6.92 Å². The molecule has 17 heavy (non-hydrogen) atoms. The lowest BCUT2D eigenvalue weighted by molar-refractivity contribution is -0.136. The predicted molar refractivity (Wildman–Crippen MR) is 65.4 cm³/mol. The minimum atomic E-state index is -0.751. The number of aliphatic hydroxyl groups excluding tert-OH is 1. The van der Waals surface area contributed by atoms with Gasteiger partial charge in [0, 0.05) is 17.3 Å². The lowest BCUT2D eigenvalue weighted by atomic mass is 10.1. The number of benzene rings is 1. The van der Waals surface area contributed by atoms with E-state index >= 15 is 0 Å². The maximum absolute atomic E-state index is 12.0. The molecule has 0 aromatic heterocycles. The summed E-state index contributed by atoms with van der Waals surface area (Å²) in [6.07, 6.45) is -0.751. The van der Waals surface area contributed by atoms with E-state index in [1.54, 1.807) is 11.0 Å². The number of nitrogens with zero attached hydrogens (tertiary/aromatic N) is 1. The fourth-order valence-corrected chi connectivity index (χ4v) is 2.16. The summed E-state index contributed by atoms with van der Waals surface area (Å²) in [7, 11) is 0. The first-order valence-corrected chi connectivity index (χ1v) is 5.81. The zero-order valence-corrected chi connectivity index (χ0v) is 10.3. The van der Waals surface area contributed by atoms with E-state index in [-0.39, 0.29) is 12.5 Å². The molecular formula is C12H14ClNO3. The molecule has 5 heteroatoms. The largest absolute Gasteiger partial charge is 0.393 e. The van der Waals surface area contributed by atoms with Crippen molar-refractivity contribution in [3.8, 4) is 0 Å². The second-order valence-electron chi connectivity index (χ2n) is 3.96. The van der Waals surface area contributed by atoms with Gasteiger partial charge in [0.25, 0.3) is 5.91 Å². The smallest absolute Gasteiger partial charge is 0.258 e. The number of ether oxygens (including phenoxy) is 1. The van der Waals surface area contributed by atoms with Crippen molar-refractivity contribution < 1.29 is 14.6 Å². The molecule has 1 heterocycles. The van der Waals surface area contributed by atoms with Gasteiger partial charge in [-0.3, -0.25) is 4.79 Å². The van der Waals surface area contributed by atoms with Gasteiger partial charge in [-0.05, 0) is 30.7 Å². The Balaban J connectivity index is 2.29. The van der Waals surface area contributed by atoms with Gasteiger partial charge in [-0.25, -0.2) is 0 Å². The van der Waals surface area contributed by atoms with Crippen LogP contribution in [0.15, 0.2) is 18.2 Å². The quantitative estimate of drug-likeness (QED) is 0.869. The highest BCUT2D eigenvalue weighted by Crippen LogP contribution is 2.25. The number of aryl methyl sites for hydroxylation is 1. The van der Waals surface area contributed by atoms with Crippen LogP contribution in [0.2, 0.25) is 5.02 Å². The van der Waals surface area contributed by atoms with Crippen molar-refractivity contribution in [3.05, 3.63) is 28.8 Å². The average Bonchev–Trinajstić information content (AvgIpc) is 2.30. The van der Waals surface area contributed by atoms with Crippen LogP contribution in [0.4, 0.5) is 5.69 Å². The fraction of sp³-hybridized carbons (Fsp3) is 0.417. The van der Waals surface area contributed by atoms with Crippen LogP contribution in [0.5, 0.6) is 0 Å². The molecule has 0 bridgehead atoms. The summed E-state index contributed by atoms with van der Waals surface area (Å²) in [4.78, 5) is 13.6. The SMILES string of the molecule is Cc1cc(Cl)ccc1N1CCOC(CO)C1=O. The second-order valence-corrected chi connectivity index (χ2v) is 4.40. The number of hydrogen-bond donors (Lipinski definition) is 1. The van der Waals surface area contributed by atoms with Crippen LogP contribution < -0.4 is 4.90 Å². The number of amides is 1. The molecule has 1 amide bonds. The highest BCUT2D eigenvalue weighted by molar-refractivity contribution is 6.30. The predicted octanol–water partition coefficient (Wildman–Crippen LogP) is 1.37. The Labute approximate surface area is 105 Å². The topological polar surface area (TPSA) is 49.8 Å². The van der Waals surface area contributed by atoms with Crippen molar-refractivity contribution in [2.24, 2.45) is 0 Å². The van der Waals surface area contributed by atoms with E-state index < -0.39 is 6.10 Å². The monoisotopic (exact) mass is 255 g/mol. The maximum Gasteiger partial charge on any atom is 0.258 e. The fourth-order valence-electron chi connectivity index (χ4n) is 1.93. The zero-order chi connectivity index (χ0) is 12.4. The minimum absolute atomic E-state index is 0.204. The lowest BCUT2D eigenvalue weighted by Crippen LogP contribution is -2.49.